The monoisotopic (exact) mass is 319 g/mol. The Morgan fingerprint density at radius 1 is 1.29 bits per heavy atom. The van der Waals surface area contributed by atoms with E-state index in [2.05, 4.69) is 17.1 Å². The number of piperazine rings is 1. The van der Waals surface area contributed by atoms with Crippen LogP contribution in [0.1, 0.15) is 13.3 Å². The van der Waals surface area contributed by atoms with Gasteiger partial charge >= 0.3 is 0 Å². The lowest BCUT2D eigenvalue weighted by Crippen LogP contribution is -2.55. The van der Waals surface area contributed by atoms with Gasteiger partial charge in [-0.15, -0.1) is 0 Å². The number of hydrogen-bond acceptors (Lipinski definition) is 5. The molecular weight excluding hydrogens is 294 g/mol. The van der Waals surface area contributed by atoms with Crippen LogP contribution in [-0.4, -0.2) is 86.2 Å². The van der Waals surface area contributed by atoms with Crippen molar-refractivity contribution in [2.24, 2.45) is 5.73 Å². The van der Waals surface area contributed by atoms with Crippen molar-refractivity contribution in [1.29, 1.82) is 0 Å². The zero-order valence-corrected chi connectivity index (χ0v) is 13.5. The van der Waals surface area contributed by atoms with E-state index in [0.29, 0.717) is 19.5 Å². The molecule has 2 atom stereocenters. The van der Waals surface area contributed by atoms with E-state index in [1.807, 2.05) is 0 Å². The second-order valence-electron chi connectivity index (χ2n) is 5.54. The van der Waals surface area contributed by atoms with Gasteiger partial charge in [-0.05, 0) is 13.0 Å². The van der Waals surface area contributed by atoms with Crippen LogP contribution in [0.4, 0.5) is 0 Å². The van der Waals surface area contributed by atoms with Crippen molar-refractivity contribution < 1.29 is 13.2 Å². The number of carbonyl (C=O) groups excluding carboxylic acids is 1. The molecule has 0 aromatic carbocycles. The van der Waals surface area contributed by atoms with Crippen LogP contribution in [0, 0.1) is 0 Å². The minimum atomic E-state index is -3.63. The van der Waals surface area contributed by atoms with E-state index in [1.165, 1.54) is 15.7 Å². The van der Waals surface area contributed by atoms with Crippen LogP contribution in [0.3, 0.4) is 0 Å². The summed E-state index contributed by atoms with van der Waals surface area (Å²) in [5.41, 5.74) is 5.86. The molecule has 0 aromatic rings. The molecule has 0 bridgehead atoms. The van der Waals surface area contributed by atoms with Crippen LogP contribution in [0.5, 0.6) is 0 Å². The fourth-order valence-electron chi connectivity index (χ4n) is 2.92. The Bertz CT molecular complexity index is 475. The highest BCUT2D eigenvalue weighted by molar-refractivity contribution is 7.86. The van der Waals surface area contributed by atoms with Gasteiger partial charge in [-0.25, -0.2) is 0 Å². The molecule has 1 amide bonds. The second-order valence-corrected chi connectivity index (χ2v) is 7.42. The zero-order valence-electron chi connectivity index (χ0n) is 12.7. The smallest absolute Gasteiger partial charge is 0.282 e. The summed E-state index contributed by atoms with van der Waals surface area (Å²) in [5, 5.41) is 2.52. The molecular formula is C12H25N5O3S. The first-order chi connectivity index (χ1) is 9.90. The van der Waals surface area contributed by atoms with Crippen molar-refractivity contribution >= 4 is 16.1 Å². The number of hydrogen-bond donors (Lipinski definition) is 2. The van der Waals surface area contributed by atoms with E-state index in [1.54, 1.807) is 0 Å². The molecule has 2 fully saturated rings. The van der Waals surface area contributed by atoms with E-state index in [4.69, 9.17) is 5.73 Å². The molecule has 2 rings (SSSR count). The maximum absolute atomic E-state index is 12.8. The van der Waals surface area contributed by atoms with E-state index in [-0.39, 0.29) is 18.5 Å². The maximum atomic E-state index is 12.8. The third-order valence-corrected chi connectivity index (χ3v) is 6.25. The van der Waals surface area contributed by atoms with Gasteiger partial charge < -0.3 is 16.0 Å². The molecule has 0 aliphatic carbocycles. The predicted octanol–water partition coefficient (Wildman–Crippen LogP) is -1.98. The Labute approximate surface area is 126 Å². The number of amides is 1. The van der Waals surface area contributed by atoms with Crippen LogP contribution in [0.25, 0.3) is 0 Å². The molecule has 9 heteroatoms. The first-order valence-electron chi connectivity index (χ1n) is 7.36. The van der Waals surface area contributed by atoms with E-state index >= 15 is 0 Å². The lowest BCUT2D eigenvalue weighted by Gasteiger charge is -2.36. The molecule has 122 valence electrons. The largest absolute Gasteiger partial charge is 0.358 e. The summed E-state index contributed by atoms with van der Waals surface area (Å²) >= 11 is 0. The molecule has 0 saturated carbocycles. The third-order valence-electron chi connectivity index (χ3n) is 4.24. The summed E-state index contributed by atoms with van der Waals surface area (Å²) < 4.78 is 28.2. The number of nitrogens with two attached hydrogens (primary N) is 1. The van der Waals surface area contributed by atoms with Crippen molar-refractivity contribution in [2.45, 2.75) is 25.4 Å². The van der Waals surface area contributed by atoms with Gasteiger partial charge in [0.1, 0.15) is 6.04 Å². The molecule has 2 heterocycles. The quantitative estimate of drug-likeness (QED) is 0.625. The molecule has 2 aliphatic heterocycles. The molecule has 2 aliphatic rings. The first-order valence-corrected chi connectivity index (χ1v) is 8.76. The lowest BCUT2D eigenvalue weighted by atomic mass is 10.2. The minimum Gasteiger partial charge on any atom is -0.358 e. The third kappa shape index (κ3) is 3.37. The topological polar surface area (TPSA) is 99.0 Å². The molecule has 2 saturated heterocycles. The van der Waals surface area contributed by atoms with Crippen molar-refractivity contribution in [3.05, 3.63) is 0 Å². The van der Waals surface area contributed by atoms with Crippen molar-refractivity contribution in [3.63, 3.8) is 0 Å². The Morgan fingerprint density at radius 2 is 1.90 bits per heavy atom. The van der Waals surface area contributed by atoms with Gasteiger partial charge in [0.15, 0.2) is 0 Å². The summed E-state index contributed by atoms with van der Waals surface area (Å²) in [6.45, 7) is 5.55. The average molecular weight is 319 g/mol. The van der Waals surface area contributed by atoms with Gasteiger partial charge in [-0.2, -0.15) is 17.0 Å². The van der Waals surface area contributed by atoms with Gasteiger partial charge in [0.05, 0.1) is 0 Å². The summed E-state index contributed by atoms with van der Waals surface area (Å²) in [6.07, 6.45) is 0.369. The minimum absolute atomic E-state index is 0.203. The summed E-state index contributed by atoms with van der Waals surface area (Å²) in [4.78, 5) is 14.1. The van der Waals surface area contributed by atoms with Gasteiger partial charge in [0.2, 0.25) is 5.91 Å². The van der Waals surface area contributed by atoms with E-state index in [9.17, 15) is 13.2 Å². The molecule has 0 aromatic heterocycles. The van der Waals surface area contributed by atoms with Gasteiger partial charge in [-0.3, -0.25) is 4.79 Å². The zero-order chi connectivity index (χ0) is 15.6. The highest BCUT2D eigenvalue weighted by Crippen LogP contribution is 2.23. The second kappa shape index (κ2) is 6.57. The predicted molar refractivity (Wildman–Crippen MR) is 79.8 cm³/mol. The van der Waals surface area contributed by atoms with Gasteiger partial charge in [0, 0.05) is 45.8 Å². The number of carbonyl (C=O) groups is 1. The number of rotatable bonds is 4. The first kappa shape index (κ1) is 16.6. The van der Waals surface area contributed by atoms with Gasteiger partial charge in [-0.1, -0.05) is 6.92 Å². The van der Waals surface area contributed by atoms with Crippen LogP contribution in [0.2, 0.25) is 0 Å². The van der Waals surface area contributed by atoms with E-state index in [0.717, 1.165) is 19.6 Å². The van der Waals surface area contributed by atoms with Crippen molar-refractivity contribution in [2.75, 3.05) is 46.3 Å². The highest BCUT2D eigenvalue weighted by Gasteiger charge is 2.44. The summed E-state index contributed by atoms with van der Waals surface area (Å²) in [6, 6.07) is -0.988. The lowest BCUT2D eigenvalue weighted by molar-refractivity contribution is -0.123. The molecule has 8 nitrogen and oxygen atoms in total. The molecule has 3 N–H and O–H groups in total. The molecule has 0 spiro atoms. The maximum Gasteiger partial charge on any atom is 0.282 e. The summed E-state index contributed by atoms with van der Waals surface area (Å²) in [7, 11) is -2.12. The van der Waals surface area contributed by atoms with Crippen LogP contribution >= 0.6 is 0 Å². The van der Waals surface area contributed by atoms with Gasteiger partial charge in [0.25, 0.3) is 10.2 Å². The van der Waals surface area contributed by atoms with E-state index < -0.39 is 16.3 Å². The average Bonchev–Trinajstić information content (AvgIpc) is 2.89. The molecule has 21 heavy (non-hydrogen) atoms. The Balaban J connectivity index is 2.13. The Kier molecular flexibility index (Phi) is 5.20. The van der Waals surface area contributed by atoms with Crippen LogP contribution < -0.4 is 11.1 Å². The fraction of sp³-hybridized carbons (Fsp3) is 0.917. The van der Waals surface area contributed by atoms with Crippen molar-refractivity contribution in [3.8, 4) is 0 Å². The van der Waals surface area contributed by atoms with Crippen LogP contribution in [-0.2, 0) is 15.0 Å². The highest BCUT2D eigenvalue weighted by atomic mass is 32.2. The number of nitrogens with zero attached hydrogens (tertiary/aromatic N) is 3. The molecule has 0 unspecified atom stereocenters. The Morgan fingerprint density at radius 3 is 2.43 bits per heavy atom. The normalized spacial score (nSPS) is 29.7. The number of nitrogens with one attached hydrogen (secondary N) is 1. The fourth-order valence-corrected chi connectivity index (χ4v) is 4.73. The summed E-state index contributed by atoms with van der Waals surface area (Å²) in [5.74, 6) is -0.293. The Hall–Kier alpha value is -0.740. The SMILES string of the molecule is CCN1CCN(S(=O)(=O)N2C[C@H](N)C[C@H]2C(=O)NC)CC1. The standard InChI is InChI=1S/C12H25N5O3S/c1-3-15-4-6-16(7-5-15)21(19,20)17-9-10(13)8-11(17)12(18)14-2/h10-11H,3-9,13H2,1-2H3,(H,14,18)/t10-,11+/m1/s1. The van der Waals surface area contributed by atoms with Crippen LogP contribution in [0.15, 0.2) is 0 Å². The number of likely N-dealkylation sites (N-methyl/N-ethyl adjacent to an activating group) is 2. The molecule has 0 radical (unpaired) electrons. The van der Waals surface area contributed by atoms with Crippen molar-refractivity contribution in [1.82, 2.24) is 18.8 Å².